The molecular weight excluding hydrogens is 396 g/mol. The lowest BCUT2D eigenvalue weighted by Crippen LogP contribution is -2.63. The average Bonchev–Trinajstić information content (AvgIpc) is 2.98. The molecule has 0 aromatic carbocycles. The van der Waals surface area contributed by atoms with Gasteiger partial charge in [0.1, 0.15) is 30.5 Å². The summed E-state index contributed by atoms with van der Waals surface area (Å²) < 4.78 is 17.1. The Labute approximate surface area is 174 Å². The summed E-state index contributed by atoms with van der Waals surface area (Å²) in [6.07, 6.45) is -6.46. The molecule has 4 aliphatic rings. The predicted molar refractivity (Wildman–Crippen MR) is 102 cm³/mol. The summed E-state index contributed by atoms with van der Waals surface area (Å²) >= 11 is 0. The van der Waals surface area contributed by atoms with Crippen LogP contribution in [0.5, 0.6) is 0 Å². The van der Waals surface area contributed by atoms with Gasteiger partial charge in [0.05, 0.1) is 18.8 Å². The molecule has 0 aromatic rings. The number of hydrogen-bond acceptors (Lipinski definition) is 9. The minimum absolute atomic E-state index is 0.0953. The first kappa shape index (κ1) is 21.9. The lowest BCUT2D eigenvalue weighted by atomic mass is 9.55. The number of rotatable bonds is 3. The van der Waals surface area contributed by atoms with Gasteiger partial charge in [-0.15, -0.1) is 0 Å². The predicted octanol–water partition coefficient (Wildman–Crippen LogP) is -0.994. The normalized spacial score (nSPS) is 51.1. The largest absolute Gasteiger partial charge is 0.458 e. The van der Waals surface area contributed by atoms with Gasteiger partial charge in [0.25, 0.3) is 0 Å². The zero-order chi connectivity index (χ0) is 22.0. The maximum atomic E-state index is 12.1. The standard InChI is InChI=1S/C21H30O9/c1-8-6-11(23)18(30-20-16(26)15(25)14(24)12(7-22)28-20)21(3)5-4-10-9(2)19(27)29-17(10)13(8)21/h6,10-18,20,22-26H,2,4-5,7H2,1,3H3/t10-,11+,12+,13+,14-,15-,16+,17-,18+,20+,21+/m0/s1. The summed E-state index contributed by atoms with van der Waals surface area (Å²) in [6.45, 7) is 7.13. The minimum Gasteiger partial charge on any atom is -0.458 e. The van der Waals surface area contributed by atoms with Crippen LogP contribution in [-0.2, 0) is 19.0 Å². The Hall–Kier alpha value is -1.33. The van der Waals surface area contributed by atoms with E-state index in [-0.39, 0.29) is 11.8 Å². The topological polar surface area (TPSA) is 146 Å². The Bertz CT molecular complexity index is 749. The Balaban J connectivity index is 1.63. The lowest BCUT2D eigenvalue weighted by Gasteiger charge is -2.55. The summed E-state index contributed by atoms with van der Waals surface area (Å²) in [4.78, 5) is 12.1. The molecular formula is C21H30O9. The van der Waals surface area contributed by atoms with Crippen LogP contribution < -0.4 is 0 Å². The van der Waals surface area contributed by atoms with Crippen LogP contribution in [-0.4, -0.2) is 87.1 Å². The van der Waals surface area contributed by atoms with E-state index in [1.807, 2.05) is 13.8 Å². The molecule has 0 bridgehead atoms. The van der Waals surface area contributed by atoms with E-state index in [9.17, 15) is 30.3 Å². The summed E-state index contributed by atoms with van der Waals surface area (Å²) in [5.41, 5.74) is 0.701. The van der Waals surface area contributed by atoms with Gasteiger partial charge in [0.2, 0.25) is 0 Å². The third-order valence-electron chi connectivity index (χ3n) is 7.40. The first-order valence-electron chi connectivity index (χ1n) is 10.3. The number of fused-ring (bicyclic) bond motifs is 3. The van der Waals surface area contributed by atoms with Crippen molar-refractivity contribution in [3.63, 3.8) is 0 Å². The highest BCUT2D eigenvalue weighted by Gasteiger charge is 2.60. The molecule has 0 unspecified atom stereocenters. The minimum atomic E-state index is -1.57. The molecule has 1 saturated carbocycles. The molecule has 30 heavy (non-hydrogen) atoms. The molecule has 5 N–H and O–H groups in total. The molecule has 2 aliphatic carbocycles. The zero-order valence-electron chi connectivity index (χ0n) is 17.0. The molecule has 0 radical (unpaired) electrons. The van der Waals surface area contributed by atoms with Gasteiger partial charge in [-0.3, -0.25) is 0 Å². The quantitative estimate of drug-likeness (QED) is 0.218. The highest BCUT2D eigenvalue weighted by molar-refractivity contribution is 5.91. The van der Waals surface area contributed by atoms with E-state index in [0.717, 1.165) is 5.57 Å². The van der Waals surface area contributed by atoms with Gasteiger partial charge in [0, 0.05) is 22.8 Å². The fourth-order valence-electron chi connectivity index (χ4n) is 5.78. The lowest BCUT2D eigenvalue weighted by molar-refractivity contribution is -0.330. The molecule has 9 nitrogen and oxygen atoms in total. The molecule has 11 atom stereocenters. The molecule has 0 spiro atoms. The third-order valence-corrected chi connectivity index (χ3v) is 7.40. The second kappa shape index (κ2) is 7.67. The Kier molecular flexibility index (Phi) is 5.59. The van der Waals surface area contributed by atoms with Crippen molar-refractivity contribution in [2.75, 3.05) is 6.61 Å². The van der Waals surface area contributed by atoms with Crippen LogP contribution in [0.25, 0.3) is 0 Å². The highest BCUT2D eigenvalue weighted by Crippen LogP contribution is 2.57. The molecule has 3 fully saturated rings. The maximum Gasteiger partial charge on any atom is 0.334 e. The van der Waals surface area contributed by atoms with Gasteiger partial charge >= 0.3 is 5.97 Å². The van der Waals surface area contributed by atoms with Gasteiger partial charge in [-0.05, 0) is 19.8 Å². The second-order valence-corrected chi connectivity index (χ2v) is 9.18. The first-order chi connectivity index (χ1) is 14.1. The van der Waals surface area contributed by atoms with E-state index in [0.29, 0.717) is 18.4 Å². The molecule has 0 amide bonds. The Morgan fingerprint density at radius 1 is 1.23 bits per heavy atom. The van der Waals surface area contributed by atoms with Crippen LogP contribution in [0.1, 0.15) is 26.7 Å². The van der Waals surface area contributed by atoms with Crippen molar-refractivity contribution < 1.29 is 44.5 Å². The molecule has 168 valence electrons. The third kappa shape index (κ3) is 3.15. The van der Waals surface area contributed by atoms with E-state index >= 15 is 0 Å². The number of hydrogen-bond donors (Lipinski definition) is 5. The van der Waals surface area contributed by atoms with Crippen molar-refractivity contribution in [2.45, 2.75) is 75.7 Å². The molecule has 2 saturated heterocycles. The summed E-state index contributed by atoms with van der Waals surface area (Å²) in [5.74, 6) is -0.723. The fourth-order valence-corrected chi connectivity index (χ4v) is 5.78. The number of aliphatic hydroxyl groups is 5. The van der Waals surface area contributed by atoms with Crippen LogP contribution in [0.15, 0.2) is 23.8 Å². The number of aliphatic hydroxyl groups excluding tert-OH is 5. The van der Waals surface area contributed by atoms with E-state index in [4.69, 9.17) is 14.2 Å². The monoisotopic (exact) mass is 426 g/mol. The Morgan fingerprint density at radius 3 is 2.60 bits per heavy atom. The van der Waals surface area contributed by atoms with Crippen LogP contribution in [0, 0.1) is 17.3 Å². The second-order valence-electron chi connectivity index (χ2n) is 9.18. The van der Waals surface area contributed by atoms with Gasteiger partial charge in [-0.2, -0.15) is 0 Å². The fraction of sp³-hybridized carbons (Fsp3) is 0.762. The number of carbonyl (C=O) groups excluding carboxylic acids is 1. The van der Waals surface area contributed by atoms with Gasteiger partial charge in [0.15, 0.2) is 6.29 Å². The van der Waals surface area contributed by atoms with Crippen molar-refractivity contribution in [2.24, 2.45) is 17.3 Å². The van der Waals surface area contributed by atoms with Crippen LogP contribution in [0.4, 0.5) is 0 Å². The molecule has 2 heterocycles. The SMILES string of the molecule is C=C1C(=O)O[C@@H]2[C@H]3C(C)=C[C@@H](O)[C@@H](O[C@H]4O[C@H](CO)[C@H](O)[C@H](O)[C@H]4O)[C@]3(C)CC[C@@H]12. The van der Waals surface area contributed by atoms with Crippen molar-refractivity contribution in [3.8, 4) is 0 Å². The average molecular weight is 426 g/mol. The summed E-state index contributed by atoms with van der Waals surface area (Å²) in [6, 6.07) is 0. The van der Waals surface area contributed by atoms with Crippen molar-refractivity contribution in [3.05, 3.63) is 23.8 Å². The van der Waals surface area contributed by atoms with E-state index in [2.05, 4.69) is 6.58 Å². The van der Waals surface area contributed by atoms with E-state index < -0.39 is 67.0 Å². The summed E-state index contributed by atoms with van der Waals surface area (Å²) in [7, 11) is 0. The molecule has 0 aromatic heterocycles. The number of ether oxygens (including phenoxy) is 3. The van der Waals surface area contributed by atoms with Gasteiger partial charge < -0.3 is 39.7 Å². The number of esters is 1. The Morgan fingerprint density at radius 2 is 1.93 bits per heavy atom. The number of carbonyl (C=O) groups is 1. The van der Waals surface area contributed by atoms with Crippen LogP contribution in [0.2, 0.25) is 0 Å². The van der Waals surface area contributed by atoms with E-state index in [1.165, 1.54) is 0 Å². The summed E-state index contributed by atoms with van der Waals surface area (Å²) in [5, 5.41) is 50.7. The van der Waals surface area contributed by atoms with Gasteiger partial charge in [-0.25, -0.2) is 4.79 Å². The van der Waals surface area contributed by atoms with E-state index in [1.54, 1.807) is 6.08 Å². The van der Waals surface area contributed by atoms with Crippen LogP contribution >= 0.6 is 0 Å². The first-order valence-corrected chi connectivity index (χ1v) is 10.3. The van der Waals surface area contributed by atoms with Crippen molar-refractivity contribution in [1.82, 2.24) is 0 Å². The molecule has 9 heteroatoms. The van der Waals surface area contributed by atoms with Gasteiger partial charge in [-0.1, -0.05) is 25.2 Å². The zero-order valence-corrected chi connectivity index (χ0v) is 17.0. The van der Waals surface area contributed by atoms with Crippen molar-refractivity contribution in [1.29, 1.82) is 0 Å². The maximum absolute atomic E-state index is 12.1. The molecule has 2 aliphatic heterocycles. The van der Waals surface area contributed by atoms with Crippen molar-refractivity contribution >= 4 is 5.97 Å². The molecule has 4 rings (SSSR count). The van der Waals surface area contributed by atoms with Crippen LogP contribution in [0.3, 0.4) is 0 Å². The highest BCUT2D eigenvalue weighted by atomic mass is 16.7. The smallest absolute Gasteiger partial charge is 0.334 e.